The van der Waals surface area contributed by atoms with Gasteiger partial charge in [-0.25, -0.2) is 0 Å². The molecule has 2 aromatic rings. The Balaban J connectivity index is 2.16. The van der Waals surface area contributed by atoms with E-state index in [-0.39, 0.29) is 25.0 Å². The van der Waals surface area contributed by atoms with Gasteiger partial charge in [-0.15, -0.1) is 0 Å². The topological polar surface area (TPSA) is 58.6 Å². The first kappa shape index (κ1) is 23.3. The minimum atomic E-state index is -0.699. The van der Waals surface area contributed by atoms with Gasteiger partial charge in [0.15, 0.2) is 6.61 Å². The molecule has 2 aromatic carbocycles. The third-order valence-corrected chi connectivity index (χ3v) is 5.09. The number of nitrogens with one attached hydrogen (secondary N) is 1. The second kappa shape index (κ2) is 11.3. The number of amides is 2. The number of carbonyl (C=O) groups excluding carboxylic acids is 2. The summed E-state index contributed by atoms with van der Waals surface area (Å²) in [5, 5.41) is 4.31. The SMILES string of the molecule is CCCNC(=O)[C@H](C)N(Cc1ccc(Cl)cc1Cl)C(=O)COc1ccc(Cl)cc1. The molecule has 0 heterocycles. The average molecular weight is 458 g/mol. The first-order valence-electron chi connectivity index (χ1n) is 9.21. The highest BCUT2D eigenvalue weighted by Crippen LogP contribution is 2.23. The Morgan fingerprint density at radius 1 is 1.07 bits per heavy atom. The van der Waals surface area contributed by atoms with E-state index in [1.165, 1.54) is 4.90 Å². The lowest BCUT2D eigenvalue weighted by atomic mass is 10.1. The fourth-order valence-corrected chi connectivity index (χ4v) is 3.17. The first-order chi connectivity index (χ1) is 13.8. The Morgan fingerprint density at radius 2 is 1.72 bits per heavy atom. The summed E-state index contributed by atoms with van der Waals surface area (Å²) in [5.74, 6) is -0.0720. The van der Waals surface area contributed by atoms with Crippen molar-refractivity contribution in [3.05, 3.63) is 63.1 Å². The van der Waals surface area contributed by atoms with E-state index in [2.05, 4.69) is 5.32 Å². The third-order valence-electron chi connectivity index (χ3n) is 4.25. The Morgan fingerprint density at radius 3 is 2.34 bits per heavy atom. The lowest BCUT2D eigenvalue weighted by molar-refractivity contribution is -0.142. The third kappa shape index (κ3) is 7.11. The molecule has 0 fully saturated rings. The van der Waals surface area contributed by atoms with Gasteiger partial charge in [0.05, 0.1) is 0 Å². The van der Waals surface area contributed by atoms with E-state index < -0.39 is 6.04 Å². The fourth-order valence-electron chi connectivity index (χ4n) is 2.57. The van der Waals surface area contributed by atoms with Crippen LogP contribution in [0.2, 0.25) is 15.1 Å². The van der Waals surface area contributed by atoms with Crippen LogP contribution >= 0.6 is 34.8 Å². The lowest BCUT2D eigenvalue weighted by Gasteiger charge is -2.29. The largest absolute Gasteiger partial charge is 0.484 e. The molecule has 156 valence electrons. The van der Waals surface area contributed by atoms with Crippen LogP contribution in [0.25, 0.3) is 0 Å². The van der Waals surface area contributed by atoms with E-state index in [0.717, 1.165) is 6.42 Å². The van der Waals surface area contributed by atoms with Crippen molar-refractivity contribution in [1.82, 2.24) is 10.2 Å². The molecular formula is C21H23Cl3N2O3. The van der Waals surface area contributed by atoms with E-state index in [4.69, 9.17) is 39.5 Å². The summed E-state index contributed by atoms with van der Waals surface area (Å²) in [6.45, 7) is 4.10. The van der Waals surface area contributed by atoms with Gasteiger partial charge in [0.2, 0.25) is 5.91 Å². The standard InChI is InChI=1S/C21H23Cl3N2O3/c1-3-10-25-21(28)14(2)26(12-15-4-5-17(23)11-19(15)24)20(27)13-29-18-8-6-16(22)7-9-18/h4-9,11,14H,3,10,12-13H2,1-2H3,(H,25,28)/t14-/m0/s1. The quantitative estimate of drug-likeness (QED) is 0.578. The van der Waals surface area contributed by atoms with Crippen LogP contribution in [0.5, 0.6) is 5.75 Å². The van der Waals surface area contributed by atoms with E-state index in [1.54, 1.807) is 49.4 Å². The Labute approximate surface area is 185 Å². The number of carbonyl (C=O) groups is 2. The second-order valence-electron chi connectivity index (χ2n) is 6.47. The zero-order valence-electron chi connectivity index (χ0n) is 16.3. The van der Waals surface area contributed by atoms with Crippen LogP contribution in [0.4, 0.5) is 0 Å². The molecule has 1 N–H and O–H groups in total. The molecule has 0 aliphatic rings. The summed E-state index contributed by atoms with van der Waals surface area (Å²) in [4.78, 5) is 26.8. The molecule has 0 saturated carbocycles. The number of benzene rings is 2. The molecule has 8 heteroatoms. The van der Waals surface area contributed by atoms with Crippen LogP contribution in [0.3, 0.4) is 0 Å². The summed E-state index contributed by atoms with van der Waals surface area (Å²) < 4.78 is 5.57. The zero-order chi connectivity index (χ0) is 21.4. The van der Waals surface area contributed by atoms with Crippen molar-refractivity contribution in [3.63, 3.8) is 0 Å². The summed E-state index contributed by atoms with van der Waals surface area (Å²) in [6.07, 6.45) is 0.801. The minimum absolute atomic E-state index is 0.152. The Hall–Kier alpha value is -1.95. The Bertz CT molecular complexity index is 844. The van der Waals surface area contributed by atoms with Gasteiger partial charge in [-0.2, -0.15) is 0 Å². The van der Waals surface area contributed by atoms with Gasteiger partial charge >= 0.3 is 0 Å². The van der Waals surface area contributed by atoms with Crippen molar-refractivity contribution < 1.29 is 14.3 Å². The molecule has 0 aliphatic heterocycles. The van der Waals surface area contributed by atoms with E-state index in [1.807, 2.05) is 6.92 Å². The normalized spacial score (nSPS) is 11.6. The molecule has 0 saturated heterocycles. The van der Waals surface area contributed by atoms with Crippen molar-refractivity contribution in [3.8, 4) is 5.75 Å². The maximum atomic E-state index is 12.9. The number of hydrogen-bond acceptors (Lipinski definition) is 3. The summed E-state index contributed by atoms with van der Waals surface area (Å²) in [7, 11) is 0. The number of hydrogen-bond donors (Lipinski definition) is 1. The van der Waals surface area contributed by atoms with Crippen molar-refractivity contribution in [2.75, 3.05) is 13.2 Å². The zero-order valence-corrected chi connectivity index (χ0v) is 18.5. The van der Waals surface area contributed by atoms with E-state index in [9.17, 15) is 9.59 Å². The first-order valence-corrected chi connectivity index (χ1v) is 10.3. The molecule has 0 radical (unpaired) electrons. The maximum absolute atomic E-state index is 12.9. The molecule has 2 rings (SSSR count). The van der Waals surface area contributed by atoms with Crippen molar-refractivity contribution in [1.29, 1.82) is 0 Å². The molecule has 0 aromatic heterocycles. The molecule has 0 bridgehead atoms. The number of halogens is 3. The molecule has 1 atom stereocenters. The van der Waals surface area contributed by atoms with Crippen LogP contribution in [-0.4, -0.2) is 35.9 Å². The maximum Gasteiger partial charge on any atom is 0.261 e. The van der Waals surface area contributed by atoms with Crippen LogP contribution in [0.15, 0.2) is 42.5 Å². The second-order valence-corrected chi connectivity index (χ2v) is 7.75. The molecule has 0 spiro atoms. The van der Waals surface area contributed by atoms with E-state index in [0.29, 0.717) is 32.9 Å². The van der Waals surface area contributed by atoms with Crippen molar-refractivity contribution in [2.24, 2.45) is 0 Å². The molecule has 2 amide bonds. The van der Waals surface area contributed by atoms with Gasteiger partial charge in [0.25, 0.3) is 5.91 Å². The van der Waals surface area contributed by atoms with Gasteiger partial charge in [0.1, 0.15) is 11.8 Å². The summed E-state index contributed by atoms with van der Waals surface area (Å²) >= 11 is 18.1. The van der Waals surface area contributed by atoms with Crippen LogP contribution in [0, 0.1) is 0 Å². The molecule has 5 nitrogen and oxygen atoms in total. The fraction of sp³-hybridized carbons (Fsp3) is 0.333. The molecule has 0 unspecified atom stereocenters. The molecular weight excluding hydrogens is 435 g/mol. The van der Waals surface area contributed by atoms with Crippen LogP contribution in [0.1, 0.15) is 25.8 Å². The van der Waals surface area contributed by atoms with Crippen molar-refractivity contribution in [2.45, 2.75) is 32.9 Å². The number of ether oxygens (including phenoxy) is 1. The van der Waals surface area contributed by atoms with Gasteiger partial charge in [0, 0.05) is 28.2 Å². The monoisotopic (exact) mass is 456 g/mol. The molecule has 29 heavy (non-hydrogen) atoms. The lowest BCUT2D eigenvalue weighted by Crippen LogP contribution is -2.49. The van der Waals surface area contributed by atoms with Gasteiger partial charge in [-0.1, -0.05) is 47.8 Å². The predicted molar refractivity (Wildman–Crippen MR) is 117 cm³/mol. The molecule has 0 aliphatic carbocycles. The predicted octanol–water partition coefficient (Wildman–Crippen LogP) is 4.97. The van der Waals surface area contributed by atoms with Crippen LogP contribution in [-0.2, 0) is 16.1 Å². The summed E-state index contributed by atoms with van der Waals surface area (Å²) in [5.41, 5.74) is 0.686. The van der Waals surface area contributed by atoms with Crippen molar-refractivity contribution >= 4 is 46.6 Å². The summed E-state index contributed by atoms with van der Waals surface area (Å²) in [6, 6.07) is 11.0. The number of nitrogens with zero attached hydrogens (tertiary/aromatic N) is 1. The van der Waals surface area contributed by atoms with Gasteiger partial charge in [-0.05, 0) is 55.3 Å². The van der Waals surface area contributed by atoms with E-state index >= 15 is 0 Å². The average Bonchev–Trinajstić information content (AvgIpc) is 2.70. The number of rotatable bonds is 9. The highest BCUT2D eigenvalue weighted by atomic mass is 35.5. The van der Waals surface area contributed by atoms with Gasteiger partial charge < -0.3 is 15.0 Å². The highest BCUT2D eigenvalue weighted by Gasteiger charge is 2.27. The minimum Gasteiger partial charge on any atom is -0.484 e. The Kier molecular flexibility index (Phi) is 9.08. The highest BCUT2D eigenvalue weighted by molar-refractivity contribution is 6.35. The smallest absolute Gasteiger partial charge is 0.261 e. The van der Waals surface area contributed by atoms with Gasteiger partial charge in [-0.3, -0.25) is 9.59 Å². The van der Waals surface area contributed by atoms with Crippen LogP contribution < -0.4 is 10.1 Å².